The molecule has 1 saturated heterocycles. The molecular formula is C7H9NOS. The number of aliphatic hydroxyl groups is 1. The molecule has 0 spiro atoms. The highest BCUT2D eigenvalue weighted by Gasteiger charge is 2.13. The first kappa shape index (κ1) is 7.44. The van der Waals surface area contributed by atoms with E-state index in [-0.39, 0.29) is 6.61 Å². The van der Waals surface area contributed by atoms with E-state index in [1.807, 2.05) is 0 Å². The second-order valence-electron chi connectivity index (χ2n) is 2.13. The monoisotopic (exact) mass is 155 g/mol. The van der Waals surface area contributed by atoms with Crippen LogP contribution in [-0.4, -0.2) is 16.7 Å². The molecular weight excluding hydrogens is 146 g/mol. The van der Waals surface area contributed by atoms with Crippen LogP contribution in [0.2, 0.25) is 0 Å². The lowest BCUT2D eigenvalue weighted by molar-refractivity contribution is 0.341. The summed E-state index contributed by atoms with van der Waals surface area (Å²) < 4.78 is 0. The van der Waals surface area contributed by atoms with Crippen LogP contribution in [0.5, 0.6) is 0 Å². The van der Waals surface area contributed by atoms with E-state index < -0.39 is 0 Å². The summed E-state index contributed by atoms with van der Waals surface area (Å²) in [5.41, 5.74) is 1.83. The number of nitrogens with one attached hydrogen (secondary N) is 1. The van der Waals surface area contributed by atoms with E-state index in [9.17, 15) is 0 Å². The maximum absolute atomic E-state index is 8.53. The maximum atomic E-state index is 8.53. The lowest BCUT2D eigenvalue weighted by Gasteiger charge is -1.95. The van der Waals surface area contributed by atoms with Crippen molar-refractivity contribution >= 4 is 17.2 Å². The highest BCUT2D eigenvalue weighted by Crippen LogP contribution is 2.16. The van der Waals surface area contributed by atoms with Gasteiger partial charge in [-0.25, -0.2) is 0 Å². The molecule has 0 aromatic heterocycles. The van der Waals surface area contributed by atoms with Gasteiger partial charge in [0.1, 0.15) is 0 Å². The van der Waals surface area contributed by atoms with Gasteiger partial charge in [0.05, 0.1) is 11.6 Å². The minimum absolute atomic E-state index is 0.0317. The molecule has 2 nitrogen and oxygen atoms in total. The highest BCUT2D eigenvalue weighted by atomic mass is 32.1. The molecule has 0 unspecified atom stereocenters. The molecule has 1 aliphatic heterocycles. The molecule has 1 heterocycles. The molecule has 0 aromatic rings. The van der Waals surface area contributed by atoms with Crippen molar-refractivity contribution in [2.75, 3.05) is 6.61 Å². The van der Waals surface area contributed by atoms with Gasteiger partial charge in [-0.1, -0.05) is 18.8 Å². The van der Waals surface area contributed by atoms with Gasteiger partial charge >= 0.3 is 0 Å². The van der Waals surface area contributed by atoms with Gasteiger partial charge in [-0.05, 0) is 11.6 Å². The Kier molecular flexibility index (Phi) is 2.19. The SMILES string of the molecule is C=C1CC(=S)N/C1=C\CO. The first-order chi connectivity index (χ1) is 4.74. The molecule has 0 bridgehead atoms. The number of hydrogen-bond donors (Lipinski definition) is 2. The molecule has 1 fully saturated rings. The fraction of sp³-hybridized carbons (Fsp3) is 0.286. The van der Waals surface area contributed by atoms with Gasteiger partial charge < -0.3 is 10.4 Å². The third kappa shape index (κ3) is 1.43. The molecule has 0 amide bonds. The number of thiocarbonyl (C=S) groups is 1. The van der Waals surface area contributed by atoms with Crippen molar-refractivity contribution < 1.29 is 5.11 Å². The topological polar surface area (TPSA) is 32.3 Å². The van der Waals surface area contributed by atoms with Crippen LogP contribution in [0.3, 0.4) is 0 Å². The van der Waals surface area contributed by atoms with Gasteiger partial charge in [0.25, 0.3) is 0 Å². The quantitative estimate of drug-likeness (QED) is 0.548. The number of aliphatic hydroxyl groups excluding tert-OH is 1. The minimum Gasteiger partial charge on any atom is -0.392 e. The molecule has 3 heteroatoms. The van der Waals surface area contributed by atoms with Crippen LogP contribution in [0.15, 0.2) is 23.9 Å². The summed E-state index contributed by atoms with van der Waals surface area (Å²) in [5, 5.41) is 11.5. The molecule has 0 saturated carbocycles. The molecule has 0 radical (unpaired) electrons. The van der Waals surface area contributed by atoms with Crippen molar-refractivity contribution in [2.45, 2.75) is 6.42 Å². The predicted octanol–water partition coefficient (Wildman–Crippen LogP) is 0.740. The second-order valence-corrected chi connectivity index (χ2v) is 2.62. The standard InChI is InChI=1S/C7H9NOS/c1-5-4-7(10)8-6(5)2-3-9/h2,9H,1,3-4H2,(H,8,10)/b6-2-. The largest absolute Gasteiger partial charge is 0.392 e. The zero-order valence-electron chi connectivity index (χ0n) is 5.55. The van der Waals surface area contributed by atoms with Crippen molar-refractivity contribution in [3.63, 3.8) is 0 Å². The third-order valence-electron chi connectivity index (χ3n) is 1.32. The van der Waals surface area contributed by atoms with Crippen LogP contribution in [0, 0.1) is 0 Å². The summed E-state index contributed by atoms with van der Waals surface area (Å²) in [7, 11) is 0. The van der Waals surface area contributed by atoms with E-state index in [0.29, 0.717) is 0 Å². The second kappa shape index (κ2) is 2.94. The van der Waals surface area contributed by atoms with E-state index >= 15 is 0 Å². The number of rotatable bonds is 1. The zero-order valence-corrected chi connectivity index (χ0v) is 6.37. The van der Waals surface area contributed by atoms with Crippen LogP contribution in [-0.2, 0) is 0 Å². The van der Waals surface area contributed by atoms with Gasteiger partial charge in [-0.15, -0.1) is 0 Å². The molecule has 0 atom stereocenters. The predicted molar refractivity (Wildman–Crippen MR) is 44.7 cm³/mol. The van der Waals surface area contributed by atoms with Crippen molar-refractivity contribution in [2.24, 2.45) is 0 Å². The van der Waals surface area contributed by atoms with E-state index in [4.69, 9.17) is 17.3 Å². The fourth-order valence-electron chi connectivity index (χ4n) is 0.858. The molecule has 1 rings (SSSR count). The zero-order chi connectivity index (χ0) is 7.56. The Bertz CT molecular complexity index is 208. The van der Waals surface area contributed by atoms with Gasteiger partial charge in [0.15, 0.2) is 0 Å². The average molecular weight is 155 g/mol. The average Bonchev–Trinajstić information content (AvgIpc) is 2.13. The van der Waals surface area contributed by atoms with E-state index in [1.54, 1.807) is 6.08 Å². The Morgan fingerprint density at radius 3 is 2.90 bits per heavy atom. The summed E-state index contributed by atoms with van der Waals surface area (Å²) in [5.74, 6) is 0. The molecule has 54 valence electrons. The van der Waals surface area contributed by atoms with E-state index in [0.717, 1.165) is 22.7 Å². The van der Waals surface area contributed by atoms with Crippen molar-refractivity contribution in [3.8, 4) is 0 Å². The number of allylic oxidation sites excluding steroid dienone is 1. The smallest absolute Gasteiger partial charge is 0.0842 e. The molecule has 0 aromatic carbocycles. The van der Waals surface area contributed by atoms with Gasteiger partial charge in [-0.2, -0.15) is 0 Å². The van der Waals surface area contributed by atoms with Crippen LogP contribution >= 0.6 is 12.2 Å². The van der Waals surface area contributed by atoms with Crippen molar-refractivity contribution in [1.82, 2.24) is 5.32 Å². The lowest BCUT2D eigenvalue weighted by atomic mass is 10.2. The van der Waals surface area contributed by atoms with Gasteiger partial charge in [0, 0.05) is 12.1 Å². The molecule has 10 heavy (non-hydrogen) atoms. The normalized spacial score (nSPS) is 21.9. The summed E-state index contributed by atoms with van der Waals surface area (Å²) in [6.07, 6.45) is 2.39. The minimum atomic E-state index is 0.0317. The van der Waals surface area contributed by atoms with Crippen LogP contribution in [0.25, 0.3) is 0 Å². The highest BCUT2D eigenvalue weighted by molar-refractivity contribution is 7.80. The lowest BCUT2D eigenvalue weighted by Crippen LogP contribution is -2.09. The molecule has 2 N–H and O–H groups in total. The Morgan fingerprint density at radius 2 is 2.50 bits per heavy atom. The van der Waals surface area contributed by atoms with Crippen LogP contribution in [0.4, 0.5) is 0 Å². The Labute approximate surface area is 65.2 Å². The number of hydrogen-bond acceptors (Lipinski definition) is 2. The maximum Gasteiger partial charge on any atom is 0.0842 e. The van der Waals surface area contributed by atoms with Crippen molar-refractivity contribution in [3.05, 3.63) is 23.9 Å². The van der Waals surface area contributed by atoms with Gasteiger partial charge in [0.2, 0.25) is 0 Å². The Balaban J connectivity index is 2.72. The first-order valence-electron chi connectivity index (χ1n) is 3.03. The summed E-state index contributed by atoms with van der Waals surface area (Å²) in [4.78, 5) is 0.782. The first-order valence-corrected chi connectivity index (χ1v) is 3.44. The van der Waals surface area contributed by atoms with E-state index in [1.165, 1.54) is 0 Å². The third-order valence-corrected chi connectivity index (χ3v) is 1.57. The molecule has 1 aliphatic rings. The Morgan fingerprint density at radius 1 is 1.80 bits per heavy atom. The van der Waals surface area contributed by atoms with Crippen LogP contribution < -0.4 is 5.32 Å². The van der Waals surface area contributed by atoms with E-state index in [2.05, 4.69) is 11.9 Å². The molecule has 0 aliphatic carbocycles. The summed E-state index contributed by atoms with van der Waals surface area (Å²) in [6.45, 7) is 3.81. The fourth-order valence-corrected chi connectivity index (χ4v) is 1.14. The summed E-state index contributed by atoms with van der Waals surface area (Å²) in [6, 6.07) is 0. The van der Waals surface area contributed by atoms with Crippen molar-refractivity contribution in [1.29, 1.82) is 0 Å². The Hall–Kier alpha value is -0.670. The van der Waals surface area contributed by atoms with Crippen LogP contribution in [0.1, 0.15) is 6.42 Å². The summed E-state index contributed by atoms with van der Waals surface area (Å²) >= 11 is 4.89. The van der Waals surface area contributed by atoms with Gasteiger partial charge in [-0.3, -0.25) is 0 Å².